The normalized spacial score (nSPS) is 11.1. The third kappa shape index (κ3) is 3.37. The Balaban J connectivity index is 1.76. The predicted molar refractivity (Wildman–Crippen MR) is 102 cm³/mol. The van der Waals surface area contributed by atoms with Gasteiger partial charge in [-0.1, -0.05) is 18.2 Å². The number of hydrogen-bond acceptors (Lipinski definition) is 4. The fraction of sp³-hybridized carbons (Fsp3) is 0. The number of hydrogen-bond donors (Lipinski definition) is 1. The zero-order chi connectivity index (χ0) is 17.8. The largest absolute Gasteiger partial charge is 0.508 e. The summed E-state index contributed by atoms with van der Waals surface area (Å²) in [5.74, 6) is 0.219. The number of phenols is 1. The highest BCUT2D eigenvalue weighted by molar-refractivity contribution is 5.90. The summed E-state index contributed by atoms with van der Waals surface area (Å²) in [6.45, 7) is 0. The second-order valence-electron chi connectivity index (χ2n) is 5.73. The highest BCUT2D eigenvalue weighted by Gasteiger charge is 2.11. The van der Waals surface area contributed by atoms with Gasteiger partial charge in [-0.2, -0.15) is 5.10 Å². The molecule has 26 heavy (non-hydrogen) atoms. The molecular weight excluding hydrogens is 324 g/mol. The van der Waals surface area contributed by atoms with E-state index in [2.05, 4.69) is 9.98 Å². The van der Waals surface area contributed by atoms with E-state index in [-0.39, 0.29) is 5.75 Å². The number of phenolic OH excluding ortho intramolecular Hbond substituents is 1. The average molecular weight is 340 g/mol. The van der Waals surface area contributed by atoms with E-state index >= 15 is 0 Å². The van der Waals surface area contributed by atoms with Crippen LogP contribution in [0.15, 0.2) is 90.3 Å². The number of nitrogens with zero attached hydrogens (tertiary/aromatic N) is 4. The molecule has 5 nitrogen and oxygen atoms in total. The molecule has 0 atom stereocenters. The van der Waals surface area contributed by atoms with E-state index in [1.807, 2.05) is 53.3 Å². The van der Waals surface area contributed by atoms with E-state index in [0.29, 0.717) is 0 Å². The van der Waals surface area contributed by atoms with Crippen LogP contribution in [0.3, 0.4) is 0 Å². The van der Waals surface area contributed by atoms with Crippen LogP contribution >= 0.6 is 0 Å². The van der Waals surface area contributed by atoms with Crippen LogP contribution in [0.2, 0.25) is 0 Å². The van der Waals surface area contributed by atoms with Crippen molar-refractivity contribution in [2.45, 2.75) is 0 Å². The fourth-order valence-electron chi connectivity index (χ4n) is 2.60. The summed E-state index contributed by atoms with van der Waals surface area (Å²) in [5.41, 5.74) is 4.35. The standard InChI is InChI=1S/C21H16N4O/c26-20-10-8-18(9-11-20)23-14-17-15-25(19-6-2-1-3-7-19)24-21(17)16-5-4-12-22-13-16/h1-15,26H. The Kier molecular flexibility index (Phi) is 4.26. The first-order valence-corrected chi connectivity index (χ1v) is 8.18. The molecule has 0 saturated heterocycles. The van der Waals surface area contributed by atoms with Gasteiger partial charge < -0.3 is 5.11 Å². The monoisotopic (exact) mass is 340 g/mol. The van der Waals surface area contributed by atoms with Gasteiger partial charge in [0.2, 0.25) is 0 Å². The zero-order valence-electron chi connectivity index (χ0n) is 13.9. The third-order valence-electron chi connectivity index (χ3n) is 3.90. The maximum Gasteiger partial charge on any atom is 0.115 e. The molecule has 0 bridgehead atoms. The van der Waals surface area contributed by atoms with E-state index in [1.54, 1.807) is 42.9 Å². The Morgan fingerprint density at radius 1 is 0.923 bits per heavy atom. The van der Waals surface area contributed by atoms with Crippen LogP contribution in [0, 0.1) is 0 Å². The van der Waals surface area contributed by atoms with Crippen LogP contribution < -0.4 is 0 Å². The molecule has 126 valence electrons. The molecule has 0 fully saturated rings. The second kappa shape index (κ2) is 7.03. The lowest BCUT2D eigenvalue weighted by atomic mass is 10.1. The molecule has 0 aliphatic rings. The van der Waals surface area contributed by atoms with Crippen molar-refractivity contribution < 1.29 is 5.11 Å². The summed E-state index contributed by atoms with van der Waals surface area (Å²) in [6.07, 6.45) is 7.25. The molecule has 0 radical (unpaired) electrons. The number of rotatable bonds is 4. The molecule has 1 N–H and O–H groups in total. The Morgan fingerprint density at radius 2 is 1.73 bits per heavy atom. The van der Waals surface area contributed by atoms with E-state index in [4.69, 9.17) is 5.10 Å². The first-order chi connectivity index (χ1) is 12.8. The highest BCUT2D eigenvalue weighted by atomic mass is 16.3. The lowest BCUT2D eigenvalue weighted by Gasteiger charge is -1.99. The Labute approximate surface area is 150 Å². The molecule has 4 rings (SSSR count). The summed E-state index contributed by atoms with van der Waals surface area (Å²) >= 11 is 0. The minimum atomic E-state index is 0.219. The van der Waals surface area contributed by atoms with Crippen LogP contribution in [0.25, 0.3) is 16.9 Å². The minimum Gasteiger partial charge on any atom is -0.508 e. The molecular formula is C21H16N4O. The van der Waals surface area contributed by atoms with Crippen LogP contribution in [0.4, 0.5) is 5.69 Å². The molecule has 5 heteroatoms. The van der Waals surface area contributed by atoms with E-state index in [9.17, 15) is 5.11 Å². The number of aliphatic imine (C=N–C) groups is 1. The quantitative estimate of drug-likeness (QED) is 0.560. The van der Waals surface area contributed by atoms with Gasteiger partial charge in [0.05, 0.1) is 11.4 Å². The van der Waals surface area contributed by atoms with Crippen molar-refractivity contribution in [3.63, 3.8) is 0 Å². The van der Waals surface area contributed by atoms with Crippen LogP contribution in [0.5, 0.6) is 5.75 Å². The summed E-state index contributed by atoms with van der Waals surface area (Å²) in [4.78, 5) is 8.69. The van der Waals surface area contributed by atoms with Gasteiger partial charge in [0.15, 0.2) is 0 Å². The van der Waals surface area contributed by atoms with Crippen molar-refractivity contribution in [1.29, 1.82) is 0 Å². The topological polar surface area (TPSA) is 63.3 Å². The van der Waals surface area contributed by atoms with Crippen molar-refractivity contribution >= 4 is 11.9 Å². The summed E-state index contributed by atoms with van der Waals surface area (Å²) < 4.78 is 1.83. The van der Waals surface area contributed by atoms with Gasteiger partial charge in [0, 0.05) is 35.9 Å². The summed E-state index contributed by atoms with van der Waals surface area (Å²) in [5, 5.41) is 14.1. The first-order valence-electron chi connectivity index (χ1n) is 8.18. The van der Waals surface area contributed by atoms with Gasteiger partial charge in [-0.15, -0.1) is 0 Å². The van der Waals surface area contributed by atoms with E-state index in [0.717, 1.165) is 28.2 Å². The highest BCUT2D eigenvalue weighted by Crippen LogP contribution is 2.23. The molecule has 2 heterocycles. The minimum absolute atomic E-state index is 0.219. The number of aromatic nitrogens is 3. The smallest absolute Gasteiger partial charge is 0.115 e. The van der Waals surface area contributed by atoms with E-state index < -0.39 is 0 Å². The average Bonchev–Trinajstić information content (AvgIpc) is 3.13. The number of benzene rings is 2. The van der Waals surface area contributed by atoms with Crippen molar-refractivity contribution in [2.24, 2.45) is 4.99 Å². The van der Waals surface area contributed by atoms with Crippen LogP contribution in [-0.4, -0.2) is 26.1 Å². The molecule has 0 aliphatic heterocycles. The number of pyridine rings is 1. The van der Waals surface area contributed by atoms with Gasteiger partial charge >= 0.3 is 0 Å². The summed E-state index contributed by atoms with van der Waals surface area (Å²) in [7, 11) is 0. The molecule has 2 aromatic heterocycles. The SMILES string of the molecule is Oc1ccc(N=Cc2cn(-c3ccccc3)nc2-c2cccnc2)cc1. The third-order valence-corrected chi connectivity index (χ3v) is 3.90. The maximum absolute atomic E-state index is 9.39. The lowest BCUT2D eigenvalue weighted by Crippen LogP contribution is -1.94. The van der Waals surface area contributed by atoms with Gasteiger partial charge in [0.1, 0.15) is 11.4 Å². The first kappa shape index (κ1) is 15.8. The molecule has 0 amide bonds. The van der Waals surface area contributed by atoms with Crippen molar-refractivity contribution in [1.82, 2.24) is 14.8 Å². The molecule has 0 aliphatic carbocycles. The Hall–Kier alpha value is -3.73. The molecule has 4 aromatic rings. The predicted octanol–water partition coefficient (Wildman–Crippen LogP) is 4.39. The van der Waals surface area contributed by atoms with Crippen LogP contribution in [0.1, 0.15) is 5.56 Å². The molecule has 2 aromatic carbocycles. The van der Waals surface area contributed by atoms with Gasteiger partial charge in [0.25, 0.3) is 0 Å². The zero-order valence-corrected chi connectivity index (χ0v) is 13.9. The maximum atomic E-state index is 9.39. The second-order valence-corrected chi connectivity index (χ2v) is 5.73. The van der Waals surface area contributed by atoms with Gasteiger partial charge in [-0.25, -0.2) is 4.68 Å². The summed E-state index contributed by atoms with van der Waals surface area (Å²) in [6, 6.07) is 20.5. The molecule has 0 unspecified atom stereocenters. The van der Waals surface area contributed by atoms with Gasteiger partial charge in [-0.05, 0) is 48.5 Å². The Bertz CT molecular complexity index is 1020. The van der Waals surface area contributed by atoms with Crippen molar-refractivity contribution in [3.8, 4) is 22.7 Å². The van der Waals surface area contributed by atoms with Crippen molar-refractivity contribution in [2.75, 3.05) is 0 Å². The molecule has 0 saturated carbocycles. The fourth-order valence-corrected chi connectivity index (χ4v) is 2.60. The van der Waals surface area contributed by atoms with E-state index in [1.165, 1.54) is 0 Å². The number of aromatic hydroxyl groups is 1. The number of para-hydroxylation sites is 1. The van der Waals surface area contributed by atoms with Crippen molar-refractivity contribution in [3.05, 3.63) is 90.9 Å². The van der Waals surface area contributed by atoms with Gasteiger partial charge in [-0.3, -0.25) is 9.98 Å². The lowest BCUT2D eigenvalue weighted by molar-refractivity contribution is 0.475. The Morgan fingerprint density at radius 3 is 2.46 bits per heavy atom. The van der Waals surface area contributed by atoms with Crippen LogP contribution in [-0.2, 0) is 0 Å². The molecule has 0 spiro atoms.